The zero-order valence-corrected chi connectivity index (χ0v) is 11.7. The van der Waals surface area contributed by atoms with Crippen molar-refractivity contribution in [3.63, 3.8) is 0 Å². The van der Waals surface area contributed by atoms with Gasteiger partial charge in [-0.1, -0.05) is 0 Å². The number of benzene rings is 1. The van der Waals surface area contributed by atoms with Gasteiger partial charge in [0.2, 0.25) is 0 Å². The minimum absolute atomic E-state index is 0.403. The number of alkyl halides is 3. The molecule has 0 atom stereocenters. The average molecular weight is 314 g/mol. The van der Waals surface area contributed by atoms with E-state index in [2.05, 4.69) is 4.98 Å². The molecule has 2 nitrogen and oxygen atoms in total. The Kier molecular flexibility index (Phi) is 3.18. The second-order valence-corrected chi connectivity index (χ2v) is 5.54. The lowest BCUT2D eigenvalue weighted by Crippen LogP contribution is -2.04. The molecule has 0 bridgehead atoms. The summed E-state index contributed by atoms with van der Waals surface area (Å²) in [4.78, 5) is 2.83. The molecule has 7 heteroatoms. The summed E-state index contributed by atoms with van der Waals surface area (Å²) in [5.41, 5.74) is 1.48. The van der Waals surface area contributed by atoms with Gasteiger partial charge in [0, 0.05) is 0 Å². The summed E-state index contributed by atoms with van der Waals surface area (Å²) in [6, 6.07) is 5.59. The van der Waals surface area contributed by atoms with Crippen molar-refractivity contribution in [3.8, 4) is 0 Å². The Morgan fingerprint density at radius 1 is 1.25 bits per heavy atom. The highest BCUT2D eigenvalue weighted by Gasteiger charge is 2.30. The van der Waals surface area contributed by atoms with Crippen LogP contribution in [0.15, 0.2) is 35.0 Å². The summed E-state index contributed by atoms with van der Waals surface area (Å²) < 4.78 is 40.3. The lowest BCUT2D eigenvalue weighted by Gasteiger charge is -2.07. The van der Waals surface area contributed by atoms with Crippen molar-refractivity contribution in [2.24, 2.45) is 0 Å². The van der Waals surface area contributed by atoms with Gasteiger partial charge < -0.3 is 9.55 Å². The van der Waals surface area contributed by atoms with Gasteiger partial charge in [0.25, 0.3) is 0 Å². The predicted molar refractivity (Wildman–Crippen MR) is 75.5 cm³/mol. The molecule has 1 N–H and O–H groups in total. The number of hydrogen-bond donors (Lipinski definition) is 1. The summed E-state index contributed by atoms with van der Waals surface area (Å²) >= 11 is 6.76. The van der Waals surface area contributed by atoms with Gasteiger partial charge >= 0.3 is 6.18 Å². The molecule has 0 amide bonds. The molecule has 0 aliphatic rings. The Labute approximate surface area is 121 Å². The van der Waals surface area contributed by atoms with Crippen LogP contribution in [0, 0.1) is 4.77 Å². The van der Waals surface area contributed by atoms with Crippen LogP contribution in [-0.4, -0.2) is 9.55 Å². The molecule has 3 rings (SSSR count). The molecule has 2 aromatic heterocycles. The highest BCUT2D eigenvalue weighted by molar-refractivity contribution is 7.71. The monoisotopic (exact) mass is 314 g/mol. The number of halogens is 3. The molecule has 1 aromatic carbocycles. The highest BCUT2D eigenvalue weighted by Crippen LogP contribution is 2.31. The molecule has 0 aliphatic heterocycles. The van der Waals surface area contributed by atoms with E-state index in [0.717, 1.165) is 17.7 Å². The lowest BCUT2D eigenvalue weighted by atomic mass is 10.2. The number of aromatic amines is 1. The van der Waals surface area contributed by atoms with E-state index in [4.69, 9.17) is 12.2 Å². The summed E-state index contributed by atoms with van der Waals surface area (Å²) in [5.74, 6) is 0. The second kappa shape index (κ2) is 4.75. The normalized spacial score (nSPS) is 12.2. The number of hydrogen-bond acceptors (Lipinski definition) is 2. The number of fused-ring (bicyclic) bond motifs is 1. The highest BCUT2D eigenvalue weighted by atomic mass is 32.1. The molecule has 0 fully saturated rings. The van der Waals surface area contributed by atoms with Crippen molar-refractivity contribution >= 4 is 34.6 Å². The van der Waals surface area contributed by atoms with Crippen LogP contribution in [0.1, 0.15) is 11.1 Å². The van der Waals surface area contributed by atoms with E-state index in [0.29, 0.717) is 22.3 Å². The summed E-state index contributed by atoms with van der Waals surface area (Å²) in [6.07, 6.45) is -4.35. The molecular weight excluding hydrogens is 305 g/mol. The molecule has 20 heavy (non-hydrogen) atoms. The molecule has 0 saturated carbocycles. The molecule has 2 heterocycles. The number of nitrogens with one attached hydrogen (secondary N) is 1. The van der Waals surface area contributed by atoms with E-state index < -0.39 is 11.7 Å². The van der Waals surface area contributed by atoms with Crippen molar-refractivity contribution in [1.82, 2.24) is 9.55 Å². The first-order chi connectivity index (χ1) is 9.45. The summed E-state index contributed by atoms with van der Waals surface area (Å²) in [5, 5.41) is 3.94. The maximum absolute atomic E-state index is 12.7. The quantitative estimate of drug-likeness (QED) is 0.672. The van der Waals surface area contributed by atoms with Gasteiger partial charge in [-0.2, -0.15) is 24.5 Å². The smallest absolute Gasteiger partial charge is 0.331 e. The van der Waals surface area contributed by atoms with Crippen LogP contribution in [0.5, 0.6) is 0 Å². The van der Waals surface area contributed by atoms with Crippen LogP contribution < -0.4 is 0 Å². The molecule has 0 spiro atoms. The maximum atomic E-state index is 12.7. The van der Waals surface area contributed by atoms with Gasteiger partial charge in [-0.3, -0.25) is 0 Å². The van der Waals surface area contributed by atoms with Gasteiger partial charge in [0.15, 0.2) is 4.77 Å². The fourth-order valence-corrected chi connectivity index (χ4v) is 2.99. The van der Waals surface area contributed by atoms with Crippen molar-refractivity contribution in [2.45, 2.75) is 12.7 Å². The Bertz CT molecular complexity index is 797. The fourth-order valence-electron chi connectivity index (χ4n) is 2.06. The average Bonchev–Trinajstić information content (AvgIpc) is 2.97. The van der Waals surface area contributed by atoms with E-state index in [-0.39, 0.29) is 0 Å². The SMILES string of the molecule is FC(F)(F)c1ccc2c(c1)[nH]c(=S)n2Cc1ccsc1. The van der Waals surface area contributed by atoms with Crippen LogP contribution in [0.3, 0.4) is 0 Å². The van der Waals surface area contributed by atoms with Gasteiger partial charge in [0.05, 0.1) is 23.1 Å². The molecule has 0 unspecified atom stereocenters. The Morgan fingerprint density at radius 2 is 2.05 bits per heavy atom. The lowest BCUT2D eigenvalue weighted by molar-refractivity contribution is -0.137. The number of thiophene rings is 1. The van der Waals surface area contributed by atoms with Crippen LogP contribution in [0.2, 0.25) is 0 Å². The zero-order chi connectivity index (χ0) is 14.3. The Hall–Kier alpha value is -1.60. The number of rotatable bonds is 2. The summed E-state index contributed by atoms with van der Waals surface area (Å²) in [7, 11) is 0. The standard InChI is InChI=1S/C13H9F3N2S2/c14-13(15,16)9-1-2-11-10(5-9)17-12(19)18(11)6-8-3-4-20-7-8/h1-5,7H,6H2,(H,17,19). The third kappa shape index (κ3) is 2.38. The van der Waals surface area contributed by atoms with Gasteiger partial charge in [-0.05, 0) is 52.8 Å². The van der Waals surface area contributed by atoms with Crippen molar-refractivity contribution < 1.29 is 13.2 Å². The first-order valence-electron chi connectivity index (χ1n) is 5.76. The molecule has 104 valence electrons. The van der Waals surface area contributed by atoms with Crippen LogP contribution >= 0.6 is 23.6 Å². The zero-order valence-electron chi connectivity index (χ0n) is 10.1. The van der Waals surface area contributed by atoms with Crippen molar-refractivity contribution in [2.75, 3.05) is 0 Å². The molecule has 0 radical (unpaired) electrons. The van der Waals surface area contributed by atoms with E-state index in [1.54, 1.807) is 15.9 Å². The fraction of sp³-hybridized carbons (Fsp3) is 0.154. The molecule has 3 aromatic rings. The van der Waals surface area contributed by atoms with Gasteiger partial charge in [-0.15, -0.1) is 0 Å². The minimum Gasteiger partial charge on any atom is -0.331 e. The van der Waals surface area contributed by atoms with Crippen LogP contribution in [0.4, 0.5) is 13.2 Å². The van der Waals surface area contributed by atoms with E-state index in [9.17, 15) is 13.2 Å². The number of aromatic nitrogens is 2. The van der Waals surface area contributed by atoms with Crippen LogP contribution in [0.25, 0.3) is 11.0 Å². The molecule has 0 aliphatic carbocycles. The third-order valence-corrected chi connectivity index (χ3v) is 4.08. The topological polar surface area (TPSA) is 20.7 Å². The first-order valence-corrected chi connectivity index (χ1v) is 7.11. The number of H-pyrrole nitrogens is 1. The summed E-state index contributed by atoms with van der Waals surface area (Å²) in [6.45, 7) is 0.549. The van der Waals surface area contributed by atoms with Crippen molar-refractivity contribution in [1.29, 1.82) is 0 Å². The second-order valence-electron chi connectivity index (χ2n) is 4.38. The van der Waals surface area contributed by atoms with Crippen molar-refractivity contribution in [3.05, 3.63) is 50.9 Å². The van der Waals surface area contributed by atoms with E-state index in [1.807, 2.05) is 16.8 Å². The van der Waals surface area contributed by atoms with E-state index in [1.165, 1.54) is 6.07 Å². The minimum atomic E-state index is -4.35. The maximum Gasteiger partial charge on any atom is 0.416 e. The Morgan fingerprint density at radius 3 is 2.70 bits per heavy atom. The first kappa shape index (κ1) is 13.4. The van der Waals surface area contributed by atoms with Crippen LogP contribution in [-0.2, 0) is 12.7 Å². The number of imidazole rings is 1. The van der Waals surface area contributed by atoms with Gasteiger partial charge in [-0.25, -0.2) is 0 Å². The number of nitrogens with zero attached hydrogens (tertiary/aromatic N) is 1. The predicted octanol–water partition coefficient (Wildman–Crippen LogP) is 4.83. The molecular formula is C13H9F3N2S2. The van der Waals surface area contributed by atoms with Gasteiger partial charge in [0.1, 0.15) is 0 Å². The largest absolute Gasteiger partial charge is 0.416 e. The van der Waals surface area contributed by atoms with E-state index >= 15 is 0 Å². The molecule has 0 saturated heterocycles. The Balaban J connectivity index is 2.10. The third-order valence-electron chi connectivity index (χ3n) is 3.02.